The van der Waals surface area contributed by atoms with Crippen LogP contribution in [0.25, 0.3) is 114 Å². The summed E-state index contributed by atoms with van der Waals surface area (Å²) in [5.74, 6) is 1.89. The van der Waals surface area contributed by atoms with Gasteiger partial charge in [0.25, 0.3) is 0 Å². The number of benzene rings is 8. The number of thiophene rings is 1. The molecule has 0 saturated heterocycles. The molecule has 0 aliphatic heterocycles. The fourth-order valence-corrected chi connectivity index (χ4v) is 9.19. The molecule has 11 rings (SSSR count). The van der Waals surface area contributed by atoms with Gasteiger partial charge in [-0.05, 0) is 74.6 Å². The Balaban J connectivity index is 1.09. The molecule has 11 aromatic rings. The maximum atomic E-state index is 7.43. The molecule has 0 N–H and O–H groups in total. The second-order valence-electron chi connectivity index (χ2n) is 14.1. The van der Waals surface area contributed by atoms with Crippen LogP contribution in [0.1, 0.15) is 0 Å². The van der Waals surface area contributed by atoms with E-state index in [2.05, 4.69) is 114 Å². The van der Waals surface area contributed by atoms with Crippen molar-refractivity contribution in [2.75, 3.05) is 0 Å². The van der Waals surface area contributed by atoms with Crippen LogP contribution in [0.4, 0.5) is 5.69 Å². The van der Waals surface area contributed by atoms with Crippen LogP contribution in [-0.4, -0.2) is 19.9 Å². The lowest BCUT2D eigenvalue weighted by Gasteiger charge is -2.16. The first kappa shape index (κ1) is 32.8. The Bertz CT molecular complexity index is 3420. The first-order valence-electron chi connectivity index (χ1n) is 18.7. The molecule has 0 spiro atoms. The maximum absolute atomic E-state index is 7.43. The highest BCUT2D eigenvalue weighted by molar-refractivity contribution is 7.25. The quantitative estimate of drug-likeness (QED) is 0.130. The summed E-state index contributed by atoms with van der Waals surface area (Å²) in [4.78, 5) is 23.8. The van der Waals surface area contributed by atoms with E-state index in [1.807, 2.05) is 66.9 Å². The van der Waals surface area contributed by atoms with Gasteiger partial charge in [-0.25, -0.2) is 19.8 Å². The van der Waals surface area contributed by atoms with Crippen molar-refractivity contribution in [3.8, 4) is 56.4 Å². The fourth-order valence-electron chi connectivity index (χ4n) is 8.04. The van der Waals surface area contributed by atoms with E-state index in [1.165, 1.54) is 20.2 Å². The van der Waals surface area contributed by atoms with Crippen LogP contribution in [0.15, 0.2) is 176 Å². The Morgan fingerprint density at radius 1 is 0.386 bits per heavy atom. The predicted octanol–water partition coefficient (Wildman–Crippen LogP) is 14.0. The molecule has 0 bridgehead atoms. The Morgan fingerprint density at radius 3 is 1.79 bits per heavy atom. The summed E-state index contributed by atoms with van der Waals surface area (Å²) in [7, 11) is 0. The third kappa shape index (κ3) is 5.60. The molecule has 0 saturated carbocycles. The van der Waals surface area contributed by atoms with Crippen molar-refractivity contribution in [2.45, 2.75) is 0 Å². The molecule has 5 nitrogen and oxygen atoms in total. The molecular weight excluding hydrogens is 715 g/mol. The Labute approximate surface area is 332 Å². The molecule has 6 heteroatoms. The molecule has 0 fully saturated rings. The molecule has 0 unspecified atom stereocenters. The normalized spacial score (nSPS) is 11.5. The summed E-state index contributed by atoms with van der Waals surface area (Å²) in [6.45, 7) is 7.43. The summed E-state index contributed by atoms with van der Waals surface area (Å²) >= 11 is 1.79. The average Bonchev–Trinajstić information content (AvgIpc) is 3.67. The van der Waals surface area contributed by atoms with Gasteiger partial charge in [-0.2, -0.15) is 0 Å². The maximum Gasteiger partial charge on any atom is 0.187 e. The van der Waals surface area contributed by atoms with Crippen LogP contribution < -0.4 is 0 Å². The summed E-state index contributed by atoms with van der Waals surface area (Å²) in [6.07, 6.45) is 1.85. The van der Waals surface area contributed by atoms with Crippen molar-refractivity contribution in [1.82, 2.24) is 19.9 Å². The highest BCUT2D eigenvalue weighted by atomic mass is 32.1. The van der Waals surface area contributed by atoms with Crippen LogP contribution in [0.5, 0.6) is 0 Å². The van der Waals surface area contributed by atoms with Gasteiger partial charge in [0.2, 0.25) is 0 Å². The number of fused-ring (bicyclic) bond motifs is 8. The van der Waals surface area contributed by atoms with Gasteiger partial charge in [0.1, 0.15) is 0 Å². The van der Waals surface area contributed by atoms with Gasteiger partial charge in [0.05, 0.1) is 12.1 Å². The van der Waals surface area contributed by atoms with E-state index in [-0.39, 0.29) is 0 Å². The molecule has 264 valence electrons. The highest BCUT2D eigenvalue weighted by Crippen LogP contribution is 2.42. The topological polar surface area (TPSA) is 55.9 Å². The molecular formula is C51H29N5S. The number of pyridine rings is 1. The van der Waals surface area contributed by atoms with E-state index in [1.54, 1.807) is 11.3 Å². The third-order valence-corrected chi connectivity index (χ3v) is 11.9. The van der Waals surface area contributed by atoms with Gasteiger partial charge >= 0.3 is 0 Å². The van der Waals surface area contributed by atoms with Crippen LogP contribution in [0, 0.1) is 6.57 Å². The van der Waals surface area contributed by atoms with E-state index < -0.39 is 0 Å². The number of rotatable bonds is 5. The zero-order valence-electron chi connectivity index (χ0n) is 30.4. The summed E-state index contributed by atoms with van der Waals surface area (Å²) in [5.41, 5.74) is 8.60. The van der Waals surface area contributed by atoms with Gasteiger partial charge in [-0.3, -0.25) is 4.98 Å². The van der Waals surface area contributed by atoms with Crippen molar-refractivity contribution in [2.24, 2.45) is 0 Å². The van der Waals surface area contributed by atoms with Crippen molar-refractivity contribution in [3.63, 3.8) is 0 Å². The molecule has 0 atom stereocenters. The Hall–Kier alpha value is -7.59. The standard InChI is InChI=1S/C51H29N5S/c1-52-36-23-20-31(21-24-36)43-30-44-38-16-6-5-15-37(38)42(29-45(44)41-18-10-26-53-48(41)43)33-13-9-14-34(27-33)50-54-49(32-11-3-2-4-12-32)55-51(56-50)35-22-25-40-39-17-7-8-19-46(39)57-47(40)28-35/h2-30H. The van der Waals surface area contributed by atoms with E-state index >= 15 is 0 Å². The number of hydrogen-bond acceptors (Lipinski definition) is 5. The molecule has 3 aromatic heterocycles. The van der Waals surface area contributed by atoms with Crippen molar-refractivity contribution < 1.29 is 0 Å². The highest BCUT2D eigenvalue weighted by Gasteiger charge is 2.18. The Morgan fingerprint density at radius 2 is 0.982 bits per heavy atom. The molecule has 0 aliphatic carbocycles. The van der Waals surface area contributed by atoms with Crippen LogP contribution in [-0.2, 0) is 0 Å². The van der Waals surface area contributed by atoms with E-state index in [0.717, 1.165) is 71.4 Å². The molecule has 8 aromatic carbocycles. The molecule has 0 radical (unpaired) electrons. The number of hydrogen-bond donors (Lipinski definition) is 0. The lowest BCUT2D eigenvalue weighted by Crippen LogP contribution is -2.00. The van der Waals surface area contributed by atoms with Crippen LogP contribution in [0.3, 0.4) is 0 Å². The number of nitrogens with zero attached hydrogens (tertiary/aromatic N) is 5. The molecule has 3 heterocycles. The average molecular weight is 744 g/mol. The lowest BCUT2D eigenvalue weighted by molar-refractivity contribution is 1.07. The van der Waals surface area contributed by atoms with Gasteiger partial charge in [-0.1, -0.05) is 133 Å². The van der Waals surface area contributed by atoms with Crippen molar-refractivity contribution in [1.29, 1.82) is 0 Å². The minimum atomic E-state index is 0.616. The second kappa shape index (κ2) is 13.3. The van der Waals surface area contributed by atoms with Crippen molar-refractivity contribution in [3.05, 3.63) is 187 Å². The summed E-state index contributed by atoms with van der Waals surface area (Å²) < 4.78 is 2.47. The lowest BCUT2D eigenvalue weighted by atomic mass is 9.89. The number of aromatic nitrogens is 4. The summed E-state index contributed by atoms with van der Waals surface area (Å²) in [6, 6.07) is 58.8. The second-order valence-corrected chi connectivity index (χ2v) is 15.2. The predicted molar refractivity (Wildman–Crippen MR) is 236 cm³/mol. The first-order valence-corrected chi connectivity index (χ1v) is 19.6. The van der Waals surface area contributed by atoms with Gasteiger partial charge in [-0.15, -0.1) is 11.3 Å². The largest absolute Gasteiger partial charge is 0.256 e. The van der Waals surface area contributed by atoms with Gasteiger partial charge in [0, 0.05) is 54.0 Å². The first-order chi connectivity index (χ1) is 28.2. The zero-order valence-corrected chi connectivity index (χ0v) is 31.2. The smallest absolute Gasteiger partial charge is 0.187 e. The van der Waals surface area contributed by atoms with Crippen molar-refractivity contribution >= 4 is 69.6 Å². The SMILES string of the molecule is [C-]#[N+]c1ccc(-c2cc3c4ccccc4c(-c4cccc(-c5nc(-c6ccccc6)nc(-c6ccc7c(c6)sc6ccccc67)n5)c4)cc3c3cccnc23)cc1. The van der Waals surface area contributed by atoms with E-state index in [4.69, 9.17) is 26.5 Å². The van der Waals surface area contributed by atoms with E-state index in [9.17, 15) is 0 Å². The van der Waals surface area contributed by atoms with Gasteiger partial charge in [0.15, 0.2) is 23.2 Å². The van der Waals surface area contributed by atoms with E-state index in [0.29, 0.717) is 23.2 Å². The van der Waals surface area contributed by atoms with Gasteiger partial charge < -0.3 is 0 Å². The summed E-state index contributed by atoms with van der Waals surface area (Å²) in [5, 5.41) is 8.17. The fraction of sp³-hybridized carbons (Fsp3) is 0. The monoisotopic (exact) mass is 743 g/mol. The minimum absolute atomic E-state index is 0.616. The molecule has 0 aliphatic rings. The Kier molecular flexibility index (Phi) is 7.66. The third-order valence-electron chi connectivity index (χ3n) is 10.8. The van der Waals surface area contributed by atoms with Crippen LogP contribution in [0.2, 0.25) is 0 Å². The zero-order chi connectivity index (χ0) is 37.9. The van der Waals surface area contributed by atoms with Crippen LogP contribution >= 0.6 is 11.3 Å². The minimum Gasteiger partial charge on any atom is -0.256 e. The molecule has 0 amide bonds. The molecule has 57 heavy (non-hydrogen) atoms.